The van der Waals surface area contributed by atoms with Crippen LogP contribution in [0.4, 0.5) is 5.69 Å². The molecule has 0 fully saturated rings. The second kappa shape index (κ2) is 9.92. The molecule has 0 saturated carbocycles. The first-order valence-corrected chi connectivity index (χ1v) is 11.7. The van der Waals surface area contributed by atoms with Gasteiger partial charge in [0.15, 0.2) is 5.16 Å². The standard InChI is InChI=1S/C26H25N3O3S/c1-4-32-21-11-9-19(10-12-21)27-24(30)16-33-26-28-23-8-6-5-7-22(23)25(31)29(26)20-14-17(2)13-18(3)15-20/h5-15H,4,16H2,1-3H3,(H,27,30). The lowest BCUT2D eigenvalue weighted by molar-refractivity contribution is -0.113. The molecule has 0 bridgehead atoms. The maximum atomic E-state index is 13.4. The van der Waals surface area contributed by atoms with Crippen LogP contribution in [0.5, 0.6) is 5.75 Å². The molecule has 33 heavy (non-hydrogen) atoms. The summed E-state index contributed by atoms with van der Waals surface area (Å²) in [7, 11) is 0. The second-order valence-corrected chi connectivity index (χ2v) is 8.63. The van der Waals surface area contributed by atoms with Crippen molar-refractivity contribution in [1.82, 2.24) is 9.55 Å². The van der Waals surface area contributed by atoms with Gasteiger partial charge in [0.25, 0.3) is 5.56 Å². The van der Waals surface area contributed by atoms with Gasteiger partial charge in [-0.25, -0.2) is 4.98 Å². The van der Waals surface area contributed by atoms with Crippen LogP contribution >= 0.6 is 11.8 Å². The van der Waals surface area contributed by atoms with Crippen LogP contribution in [-0.4, -0.2) is 27.8 Å². The number of amides is 1. The Morgan fingerprint density at radius 3 is 2.42 bits per heavy atom. The van der Waals surface area contributed by atoms with Crippen molar-refractivity contribution in [2.75, 3.05) is 17.7 Å². The Labute approximate surface area is 196 Å². The minimum absolute atomic E-state index is 0.114. The fourth-order valence-electron chi connectivity index (χ4n) is 3.64. The predicted molar refractivity (Wildman–Crippen MR) is 134 cm³/mol. The first kappa shape index (κ1) is 22.6. The van der Waals surface area contributed by atoms with Crippen molar-refractivity contribution in [1.29, 1.82) is 0 Å². The summed E-state index contributed by atoms with van der Waals surface area (Å²) < 4.78 is 7.03. The van der Waals surface area contributed by atoms with Crippen LogP contribution in [0.15, 0.2) is 76.7 Å². The Kier molecular flexibility index (Phi) is 6.79. The van der Waals surface area contributed by atoms with Gasteiger partial charge in [-0.15, -0.1) is 0 Å². The van der Waals surface area contributed by atoms with Crippen molar-refractivity contribution in [3.05, 3.63) is 88.2 Å². The van der Waals surface area contributed by atoms with Crippen LogP contribution in [0.2, 0.25) is 0 Å². The monoisotopic (exact) mass is 459 g/mol. The summed E-state index contributed by atoms with van der Waals surface area (Å²) in [6, 6.07) is 20.5. The zero-order chi connectivity index (χ0) is 23.4. The lowest BCUT2D eigenvalue weighted by Gasteiger charge is -2.14. The average molecular weight is 460 g/mol. The van der Waals surface area contributed by atoms with E-state index in [-0.39, 0.29) is 17.2 Å². The molecule has 6 nitrogen and oxygen atoms in total. The molecule has 0 aliphatic rings. The van der Waals surface area contributed by atoms with Crippen LogP contribution in [0.1, 0.15) is 18.1 Å². The summed E-state index contributed by atoms with van der Waals surface area (Å²) in [4.78, 5) is 30.7. The molecule has 0 radical (unpaired) electrons. The Balaban J connectivity index is 1.62. The highest BCUT2D eigenvalue weighted by Gasteiger charge is 2.15. The van der Waals surface area contributed by atoms with E-state index in [4.69, 9.17) is 9.72 Å². The summed E-state index contributed by atoms with van der Waals surface area (Å²) in [5.41, 5.74) is 3.98. The number of anilines is 1. The number of thioether (sulfide) groups is 1. The van der Waals surface area contributed by atoms with Gasteiger partial charge in [-0.1, -0.05) is 30.0 Å². The number of rotatable bonds is 7. The highest BCUT2D eigenvalue weighted by Crippen LogP contribution is 2.23. The summed E-state index contributed by atoms with van der Waals surface area (Å²) in [5.74, 6) is 0.684. The molecule has 7 heteroatoms. The summed E-state index contributed by atoms with van der Waals surface area (Å²) in [6.07, 6.45) is 0. The van der Waals surface area contributed by atoms with Gasteiger partial charge in [0.05, 0.1) is 29.0 Å². The van der Waals surface area contributed by atoms with Crippen LogP contribution in [-0.2, 0) is 4.79 Å². The number of carbonyl (C=O) groups is 1. The van der Waals surface area contributed by atoms with E-state index in [9.17, 15) is 9.59 Å². The van der Waals surface area contributed by atoms with Crippen molar-refractivity contribution in [2.45, 2.75) is 25.9 Å². The number of nitrogens with zero attached hydrogens (tertiary/aromatic N) is 2. The minimum Gasteiger partial charge on any atom is -0.494 e. The lowest BCUT2D eigenvalue weighted by atomic mass is 10.1. The van der Waals surface area contributed by atoms with Crippen molar-refractivity contribution in [3.63, 3.8) is 0 Å². The molecule has 0 atom stereocenters. The van der Waals surface area contributed by atoms with Gasteiger partial charge in [0, 0.05) is 5.69 Å². The Morgan fingerprint density at radius 2 is 1.73 bits per heavy atom. The average Bonchev–Trinajstić information content (AvgIpc) is 2.78. The molecule has 0 aliphatic heterocycles. The molecular weight excluding hydrogens is 434 g/mol. The number of fused-ring (bicyclic) bond motifs is 1. The van der Waals surface area contributed by atoms with Gasteiger partial charge in [-0.05, 0) is 80.4 Å². The molecule has 0 aliphatic carbocycles. The third-order valence-corrected chi connectivity index (χ3v) is 5.93. The molecule has 0 saturated heterocycles. The van der Waals surface area contributed by atoms with E-state index in [2.05, 4.69) is 11.4 Å². The van der Waals surface area contributed by atoms with Gasteiger partial charge in [-0.3, -0.25) is 14.2 Å². The summed E-state index contributed by atoms with van der Waals surface area (Å²) in [5, 5.41) is 3.90. The minimum atomic E-state index is -0.182. The van der Waals surface area contributed by atoms with Gasteiger partial charge in [0.2, 0.25) is 5.91 Å². The normalized spacial score (nSPS) is 10.9. The zero-order valence-electron chi connectivity index (χ0n) is 18.8. The molecular formula is C26H25N3O3S. The molecule has 1 aromatic heterocycles. The van der Waals surface area contributed by atoms with Gasteiger partial charge >= 0.3 is 0 Å². The maximum Gasteiger partial charge on any atom is 0.266 e. The second-order valence-electron chi connectivity index (χ2n) is 7.69. The fourth-order valence-corrected chi connectivity index (χ4v) is 4.46. The third kappa shape index (κ3) is 5.26. The lowest BCUT2D eigenvalue weighted by Crippen LogP contribution is -2.23. The summed E-state index contributed by atoms with van der Waals surface area (Å²) >= 11 is 1.24. The van der Waals surface area contributed by atoms with Crippen molar-refractivity contribution in [3.8, 4) is 11.4 Å². The molecule has 4 aromatic rings. The SMILES string of the molecule is CCOc1ccc(NC(=O)CSc2nc3ccccc3c(=O)n2-c2cc(C)cc(C)c2)cc1. The number of para-hydroxylation sites is 1. The van der Waals surface area contributed by atoms with E-state index in [1.807, 2.05) is 63.2 Å². The molecule has 1 N–H and O–H groups in total. The van der Waals surface area contributed by atoms with Gasteiger partial charge < -0.3 is 10.1 Å². The quantitative estimate of drug-likeness (QED) is 0.306. The molecule has 0 spiro atoms. The zero-order valence-corrected chi connectivity index (χ0v) is 19.6. The smallest absolute Gasteiger partial charge is 0.266 e. The number of ether oxygens (including phenoxy) is 1. The van der Waals surface area contributed by atoms with Gasteiger partial charge in [-0.2, -0.15) is 0 Å². The Hall–Kier alpha value is -3.58. The van der Waals surface area contributed by atoms with Gasteiger partial charge in [0.1, 0.15) is 5.75 Å². The first-order chi connectivity index (χ1) is 15.9. The van der Waals surface area contributed by atoms with E-state index in [1.165, 1.54) is 11.8 Å². The molecule has 3 aromatic carbocycles. The number of aromatic nitrogens is 2. The van der Waals surface area contributed by atoms with Crippen LogP contribution in [0, 0.1) is 13.8 Å². The third-order valence-electron chi connectivity index (χ3n) is 4.99. The molecule has 0 unspecified atom stereocenters. The first-order valence-electron chi connectivity index (χ1n) is 10.7. The van der Waals surface area contributed by atoms with E-state index >= 15 is 0 Å². The predicted octanol–water partition coefficient (Wildman–Crippen LogP) is 5.13. The molecule has 1 heterocycles. The van der Waals surface area contributed by atoms with Crippen molar-refractivity contribution < 1.29 is 9.53 Å². The largest absolute Gasteiger partial charge is 0.494 e. The molecule has 4 rings (SSSR count). The van der Waals surface area contributed by atoms with Crippen molar-refractivity contribution >= 4 is 34.3 Å². The molecule has 1 amide bonds. The van der Waals surface area contributed by atoms with Crippen LogP contribution in [0.3, 0.4) is 0 Å². The van der Waals surface area contributed by atoms with E-state index in [1.54, 1.807) is 22.8 Å². The van der Waals surface area contributed by atoms with Crippen LogP contribution < -0.4 is 15.6 Å². The molecule has 168 valence electrons. The van der Waals surface area contributed by atoms with E-state index < -0.39 is 0 Å². The number of nitrogens with one attached hydrogen (secondary N) is 1. The highest BCUT2D eigenvalue weighted by atomic mass is 32.2. The number of aryl methyl sites for hydroxylation is 2. The van der Waals surface area contributed by atoms with Crippen molar-refractivity contribution in [2.24, 2.45) is 0 Å². The van der Waals surface area contributed by atoms with E-state index in [0.29, 0.717) is 28.4 Å². The Bertz CT molecular complexity index is 1340. The highest BCUT2D eigenvalue weighted by molar-refractivity contribution is 7.99. The van der Waals surface area contributed by atoms with Crippen LogP contribution in [0.25, 0.3) is 16.6 Å². The topological polar surface area (TPSA) is 73.2 Å². The summed E-state index contributed by atoms with van der Waals surface area (Å²) in [6.45, 7) is 6.49. The number of benzene rings is 3. The maximum absolute atomic E-state index is 13.4. The van der Waals surface area contributed by atoms with E-state index in [0.717, 1.165) is 22.6 Å². The Morgan fingerprint density at radius 1 is 1.03 bits per heavy atom. The number of hydrogen-bond acceptors (Lipinski definition) is 5. The fraction of sp³-hybridized carbons (Fsp3) is 0.192. The number of hydrogen-bond donors (Lipinski definition) is 1. The number of carbonyl (C=O) groups excluding carboxylic acids is 1.